The number of carboxylic acid groups (broad SMARTS) is 1. The zero-order valence-corrected chi connectivity index (χ0v) is 23.8. The van der Waals surface area contributed by atoms with Crippen molar-refractivity contribution < 1.29 is 23.1 Å². The van der Waals surface area contributed by atoms with Crippen LogP contribution in [0.4, 0.5) is 0 Å². The molecule has 3 aromatic carbocycles. The molecule has 42 heavy (non-hydrogen) atoms. The van der Waals surface area contributed by atoms with E-state index >= 15 is 0 Å². The molecule has 0 unspecified atom stereocenters. The van der Waals surface area contributed by atoms with Gasteiger partial charge in [0.15, 0.2) is 0 Å². The highest BCUT2D eigenvalue weighted by molar-refractivity contribution is 7.89. The minimum atomic E-state index is -3.91. The van der Waals surface area contributed by atoms with E-state index in [-0.39, 0.29) is 34.6 Å². The van der Waals surface area contributed by atoms with Gasteiger partial charge in [0, 0.05) is 56.3 Å². The van der Waals surface area contributed by atoms with Crippen molar-refractivity contribution in [2.24, 2.45) is 7.05 Å². The van der Waals surface area contributed by atoms with Crippen molar-refractivity contribution in [2.75, 3.05) is 7.05 Å². The van der Waals surface area contributed by atoms with Gasteiger partial charge >= 0.3 is 5.97 Å². The number of aromatic nitrogens is 4. The second kappa shape index (κ2) is 10.9. The minimum Gasteiger partial charge on any atom is -0.478 e. The number of sulfonamides is 1. The molecule has 0 aliphatic heterocycles. The number of hydrogen-bond acceptors (Lipinski definition) is 6. The lowest BCUT2D eigenvalue weighted by Crippen LogP contribution is -2.27. The third-order valence-electron chi connectivity index (χ3n) is 7.40. The van der Waals surface area contributed by atoms with Crippen molar-refractivity contribution in [2.45, 2.75) is 29.7 Å². The number of aryl methyl sites for hydroxylation is 1. The van der Waals surface area contributed by atoms with Gasteiger partial charge in [-0.05, 0) is 54.4 Å². The third kappa shape index (κ3) is 5.31. The average Bonchev–Trinajstić information content (AvgIpc) is 3.42. The summed E-state index contributed by atoms with van der Waals surface area (Å²) in [7, 11) is -0.580. The molecule has 1 fully saturated rings. The van der Waals surface area contributed by atoms with Crippen molar-refractivity contribution in [3.8, 4) is 17.2 Å². The Morgan fingerprint density at radius 2 is 1.79 bits per heavy atom. The Hall–Kier alpha value is -4.74. The van der Waals surface area contributed by atoms with Gasteiger partial charge in [-0.2, -0.15) is 4.31 Å². The summed E-state index contributed by atoms with van der Waals surface area (Å²) in [4.78, 5) is 12.2. The van der Waals surface area contributed by atoms with Gasteiger partial charge < -0.3 is 14.4 Å². The average molecular weight is 584 g/mol. The zero-order chi connectivity index (χ0) is 29.4. The van der Waals surface area contributed by atoms with Gasteiger partial charge in [0.25, 0.3) is 0 Å². The van der Waals surface area contributed by atoms with E-state index in [1.807, 2.05) is 53.2 Å². The van der Waals surface area contributed by atoms with Crippen LogP contribution in [-0.4, -0.2) is 50.4 Å². The van der Waals surface area contributed by atoms with Crippen LogP contribution in [0.25, 0.3) is 5.69 Å². The first kappa shape index (κ1) is 27.4. The van der Waals surface area contributed by atoms with E-state index in [0.29, 0.717) is 11.4 Å². The first-order chi connectivity index (χ1) is 20.2. The molecule has 5 aromatic rings. The first-order valence-electron chi connectivity index (χ1n) is 13.4. The lowest BCUT2D eigenvalue weighted by molar-refractivity contribution is 0.0695. The van der Waals surface area contributed by atoms with Gasteiger partial charge in [0.2, 0.25) is 10.0 Å². The van der Waals surface area contributed by atoms with Crippen LogP contribution in [0.2, 0.25) is 0 Å². The third-order valence-corrected chi connectivity index (χ3v) is 9.24. The van der Waals surface area contributed by atoms with E-state index in [4.69, 9.17) is 4.74 Å². The number of para-hydroxylation sites is 2. The Morgan fingerprint density at radius 3 is 2.52 bits per heavy atom. The van der Waals surface area contributed by atoms with Crippen LogP contribution >= 0.6 is 0 Å². The topological polar surface area (TPSA) is 120 Å². The first-order valence-corrected chi connectivity index (χ1v) is 14.8. The van der Waals surface area contributed by atoms with Crippen molar-refractivity contribution in [1.29, 1.82) is 0 Å². The normalized spacial score (nSPS) is 16.5. The smallest absolute Gasteiger partial charge is 0.337 e. The maximum atomic E-state index is 13.7. The number of aromatic carboxylic acids is 1. The minimum absolute atomic E-state index is 0.0179. The fraction of sp³-hybridized carbons (Fsp3) is 0.194. The molecule has 1 N–H and O–H groups in total. The van der Waals surface area contributed by atoms with Crippen LogP contribution in [0, 0.1) is 0 Å². The Balaban J connectivity index is 1.27. The summed E-state index contributed by atoms with van der Waals surface area (Å²) in [5, 5.41) is 18.2. The van der Waals surface area contributed by atoms with Gasteiger partial charge in [-0.15, -0.1) is 5.10 Å². The number of carbonyl (C=O) groups is 1. The molecular formula is C31H29N5O5S. The number of ether oxygens (including phenoxy) is 1. The number of hydrogen-bond donors (Lipinski definition) is 1. The fourth-order valence-electron chi connectivity index (χ4n) is 5.27. The van der Waals surface area contributed by atoms with E-state index < -0.39 is 16.0 Å². The monoisotopic (exact) mass is 583 g/mol. The van der Waals surface area contributed by atoms with Crippen molar-refractivity contribution in [3.05, 3.63) is 120 Å². The zero-order valence-electron chi connectivity index (χ0n) is 23.0. The van der Waals surface area contributed by atoms with Gasteiger partial charge in [0.05, 0.1) is 11.3 Å². The van der Waals surface area contributed by atoms with E-state index in [1.165, 1.54) is 17.4 Å². The molecule has 2 aromatic heterocycles. The number of nitrogens with zero attached hydrogens (tertiary/aromatic N) is 5. The molecule has 214 valence electrons. The molecule has 11 heteroatoms. The largest absolute Gasteiger partial charge is 0.478 e. The SMILES string of the molecule is CN(Cc1cccc(-n2ccc(C(=O)O)c2[C@@H]2C[C@H]2c2cn(C)nn2)c1)S(=O)(=O)c1ccccc1Oc1ccccc1. The Morgan fingerprint density at radius 1 is 1.02 bits per heavy atom. The molecule has 2 atom stereocenters. The summed E-state index contributed by atoms with van der Waals surface area (Å²) in [6.45, 7) is 0.101. The molecule has 0 saturated heterocycles. The summed E-state index contributed by atoms with van der Waals surface area (Å²) < 4.78 is 38.0. The molecule has 0 bridgehead atoms. The summed E-state index contributed by atoms with van der Waals surface area (Å²) in [6, 6.07) is 24.7. The molecule has 0 radical (unpaired) electrons. The van der Waals surface area contributed by atoms with Gasteiger partial charge in [0.1, 0.15) is 16.4 Å². The van der Waals surface area contributed by atoms with E-state index in [0.717, 1.165) is 23.4 Å². The molecule has 1 aliphatic rings. The maximum Gasteiger partial charge on any atom is 0.337 e. The van der Waals surface area contributed by atoms with Gasteiger partial charge in [-0.3, -0.25) is 4.68 Å². The van der Waals surface area contributed by atoms with E-state index in [9.17, 15) is 18.3 Å². The predicted molar refractivity (Wildman–Crippen MR) is 155 cm³/mol. The van der Waals surface area contributed by atoms with Crippen molar-refractivity contribution in [3.63, 3.8) is 0 Å². The van der Waals surface area contributed by atoms with Crippen LogP contribution < -0.4 is 4.74 Å². The number of rotatable bonds is 10. The Kier molecular flexibility index (Phi) is 7.13. The van der Waals surface area contributed by atoms with Crippen LogP contribution in [0.15, 0.2) is 102 Å². The highest BCUT2D eigenvalue weighted by atomic mass is 32.2. The molecule has 10 nitrogen and oxygen atoms in total. The molecule has 0 spiro atoms. The maximum absolute atomic E-state index is 13.7. The summed E-state index contributed by atoms with van der Waals surface area (Å²) in [6.07, 6.45) is 4.38. The predicted octanol–water partition coefficient (Wildman–Crippen LogP) is 5.19. The Labute approximate surface area is 243 Å². The molecule has 1 saturated carbocycles. The highest BCUT2D eigenvalue weighted by Gasteiger charge is 2.45. The van der Waals surface area contributed by atoms with Crippen molar-refractivity contribution in [1.82, 2.24) is 23.9 Å². The van der Waals surface area contributed by atoms with Crippen molar-refractivity contribution >= 4 is 16.0 Å². The second-order valence-corrected chi connectivity index (χ2v) is 12.4. The molecule has 1 aliphatic carbocycles. The summed E-state index contributed by atoms with van der Waals surface area (Å²) in [5.74, 6) is -0.147. The van der Waals surface area contributed by atoms with E-state index in [2.05, 4.69) is 10.3 Å². The van der Waals surface area contributed by atoms with Gasteiger partial charge in [-0.1, -0.05) is 47.7 Å². The van der Waals surface area contributed by atoms with Crippen LogP contribution in [-0.2, 0) is 23.6 Å². The lowest BCUT2D eigenvalue weighted by atomic mass is 10.1. The fourth-order valence-corrected chi connectivity index (χ4v) is 6.54. The van der Waals surface area contributed by atoms with Crippen LogP contribution in [0.1, 0.15) is 45.6 Å². The lowest BCUT2D eigenvalue weighted by Gasteiger charge is -2.20. The standard InChI is InChI=1S/C31H29N5O5S/c1-34-20-27(32-33-34)25-18-26(25)30-24(31(37)38)15-16-36(30)22-10-8-9-21(17-22)19-35(2)42(39,40)29-14-7-6-13-28(29)41-23-11-4-3-5-12-23/h3-17,20,25-26H,18-19H2,1-2H3,(H,37,38)/t25-,26-/m1/s1. The molecule has 6 rings (SSSR count). The highest BCUT2D eigenvalue weighted by Crippen LogP contribution is 2.55. The summed E-state index contributed by atoms with van der Waals surface area (Å²) >= 11 is 0. The number of carboxylic acids is 1. The van der Waals surface area contributed by atoms with Gasteiger partial charge in [-0.25, -0.2) is 13.2 Å². The van der Waals surface area contributed by atoms with Crippen LogP contribution in [0.5, 0.6) is 11.5 Å². The number of benzene rings is 3. The second-order valence-electron chi connectivity index (χ2n) is 10.3. The van der Waals surface area contributed by atoms with E-state index in [1.54, 1.807) is 54.3 Å². The Bertz CT molecular complexity index is 1870. The quantitative estimate of drug-likeness (QED) is 0.240. The summed E-state index contributed by atoms with van der Waals surface area (Å²) in [5.41, 5.74) is 3.27. The van der Waals surface area contributed by atoms with Crippen LogP contribution in [0.3, 0.4) is 0 Å². The molecule has 2 heterocycles. The molecule has 0 amide bonds. The molecular weight excluding hydrogens is 554 g/mol.